The van der Waals surface area contributed by atoms with Crippen LogP contribution in [-0.2, 0) is 0 Å². The number of hydrogen-bond acceptors (Lipinski definition) is 3. The summed E-state index contributed by atoms with van der Waals surface area (Å²) in [5, 5.41) is 4.14. The predicted molar refractivity (Wildman–Crippen MR) is 58.2 cm³/mol. The summed E-state index contributed by atoms with van der Waals surface area (Å²) in [5.41, 5.74) is 7.26. The average Bonchev–Trinajstić information content (AvgIpc) is 2.48. The standard InChI is InChI=1S/C9H9BrN4/c1-6-8(11)5-13-14(6)9-4-7(10)2-3-12-9/h2-5H,11H2,1H3. The molecule has 2 N–H and O–H groups in total. The van der Waals surface area contributed by atoms with Crippen molar-refractivity contribution >= 4 is 21.6 Å². The minimum Gasteiger partial charge on any atom is -0.396 e. The Labute approximate surface area is 89.9 Å². The highest BCUT2D eigenvalue weighted by molar-refractivity contribution is 9.10. The van der Waals surface area contributed by atoms with Crippen molar-refractivity contribution in [3.8, 4) is 5.82 Å². The molecule has 2 rings (SSSR count). The monoisotopic (exact) mass is 252 g/mol. The second-order valence-corrected chi connectivity index (χ2v) is 3.85. The van der Waals surface area contributed by atoms with E-state index in [1.54, 1.807) is 17.1 Å². The molecule has 2 aromatic heterocycles. The van der Waals surface area contributed by atoms with Crippen LogP contribution in [0.15, 0.2) is 29.0 Å². The second kappa shape index (κ2) is 3.42. The van der Waals surface area contributed by atoms with Crippen molar-refractivity contribution in [1.29, 1.82) is 0 Å². The van der Waals surface area contributed by atoms with E-state index < -0.39 is 0 Å². The first-order valence-electron chi connectivity index (χ1n) is 4.10. The molecule has 0 saturated heterocycles. The summed E-state index contributed by atoms with van der Waals surface area (Å²) in [7, 11) is 0. The molecular weight excluding hydrogens is 244 g/mol. The van der Waals surface area contributed by atoms with Crippen molar-refractivity contribution in [3.05, 3.63) is 34.7 Å². The van der Waals surface area contributed by atoms with Gasteiger partial charge >= 0.3 is 0 Å². The Morgan fingerprint density at radius 2 is 2.29 bits per heavy atom. The molecule has 0 unspecified atom stereocenters. The Hall–Kier alpha value is -1.36. The highest BCUT2D eigenvalue weighted by Crippen LogP contribution is 2.16. The van der Waals surface area contributed by atoms with E-state index in [-0.39, 0.29) is 0 Å². The SMILES string of the molecule is Cc1c(N)cnn1-c1cc(Br)ccn1. The number of nitrogens with two attached hydrogens (primary N) is 1. The number of hydrogen-bond donors (Lipinski definition) is 1. The summed E-state index contributed by atoms with van der Waals surface area (Å²) in [4.78, 5) is 4.20. The lowest BCUT2D eigenvalue weighted by Gasteiger charge is -2.03. The van der Waals surface area contributed by atoms with E-state index >= 15 is 0 Å². The molecule has 0 spiro atoms. The lowest BCUT2D eigenvalue weighted by atomic mass is 10.4. The Kier molecular flexibility index (Phi) is 2.25. The zero-order chi connectivity index (χ0) is 10.1. The lowest BCUT2D eigenvalue weighted by Crippen LogP contribution is -2.01. The van der Waals surface area contributed by atoms with Gasteiger partial charge in [0.25, 0.3) is 0 Å². The molecule has 0 aromatic carbocycles. The van der Waals surface area contributed by atoms with E-state index in [0.29, 0.717) is 5.69 Å². The van der Waals surface area contributed by atoms with Crippen LogP contribution in [0.5, 0.6) is 0 Å². The molecule has 5 heteroatoms. The zero-order valence-corrected chi connectivity index (χ0v) is 9.19. The van der Waals surface area contributed by atoms with Crippen molar-refractivity contribution in [1.82, 2.24) is 14.8 Å². The molecule has 14 heavy (non-hydrogen) atoms. The van der Waals surface area contributed by atoms with Crippen molar-refractivity contribution in [2.24, 2.45) is 0 Å². The van der Waals surface area contributed by atoms with E-state index in [0.717, 1.165) is 16.0 Å². The third-order valence-corrected chi connectivity index (χ3v) is 2.47. The van der Waals surface area contributed by atoms with Crippen molar-refractivity contribution in [2.45, 2.75) is 6.92 Å². The number of pyridine rings is 1. The third kappa shape index (κ3) is 1.50. The first-order valence-corrected chi connectivity index (χ1v) is 4.90. The maximum absolute atomic E-state index is 5.69. The maximum Gasteiger partial charge on any atom is 0.154 e. The van der Waals surface area contributed by atoms with Crippen LogP contribution in [0.25, 0.3) is 5.82 Å². The summed E-state index contributed by atoms with van der Waals surface area (Å²) in [6.45, 7) is 1.91. The fourth-order valence-electron chi connectivity index (χ4n) is 1.16. The van der Waals surface area contributed by atoms with Gasteiger partial charge < -0.3 is 5.73 Å². The minimum absolute atomic E-state index is 0.673. The van der Waals surface area contributed by atoms with Crippen LogP contribution in [0, 0.1) is 6.92 Å². The van der Waals surface area contributed by atoms with Gasteiger partial charge in [0, 0.05) is 10.7 Å². The molecule has 0 aliphatic carbocycles. The maximum atomic E-state index is 5.69. The normalized spacial score (nSPS) is 10.4. The van der Waals surface area contributed by atoms with Gasteiger partial charge in [-0.05, 0) is 19.1 Å². The Morgan fingerprint density at radius 3 is 2.86 bits per heavy atom. The van der Waals surface area contributed by atoms with E-state index in [2.05, 4.69) is 26.0 Å². The first kappa shape index (κ1) is 9.21. The molecule has 0 radical (unpaired) electrons. The fraction of sp³-hybridized carbons (Fsp3) is 0.111. The number of aromatic nitrogens is 3. The topological polar surface area (TPSA) is 56.7 Å². The molecule has 2 aromatic rings. The van der Waals surface area contributed by atoms with E-state index in [4.69, 9.17) is 5.73 Å². The molecular formula is C9H9BrN4. The Bertz CT molecular complexity index is 464. The van der Waals surface area contributed by atoms with E-state index in [1.807, 2.05) is 19.1 Å². The molecule has 0 atom stereocenters. The smallest absolute Gasteiger partial charge is 0.154 e. The summed E-state index contributed by atoms with van der Waals surface area (Å²) >= 11 is 3.38. The molecule has 0 bridgehead atoms. The van der Waals surface area contributed by atoms with Gasteiger partial charge in [0.05, 0.1) is 17.6 Å². The molecule has 0 fully saturated rings. The van der Waals surface area contributed by atoms with Crippen LogP contribution < -0.4 is 5.73 Å². The van der Waals surface area contributed by atoms with Gasteiger partial charge in [-0.3, -0.25) is 0 Å². The highest BCUT2D eigenvalue weighted by Gasteiger charge is 2.05. The number of halogens is 1. The Morgan fingerprint density at radius 1 is 1.50 bits per heavy atom. The van der Waals surface area contributed by atoms with Crippen molar-refractivity contribution < 1.29 is 0 Å². The van der Waals surface area contributed by atoms with Gasteiger partial charge in [-0.25, -0.2) is 9.67 Å². The summed E-state index contributed by atoms with van der Waals surface area (Å²) in [5.74, 6) is 0.758. The first-order chi connectivity index (χ1) is 6.68. The van der Waals surface area contributed by atoms with Gasteiger partial charge in [-0.2, -0.15) is 5.10 Å². The van der Waals surface area contributed by atoms with Gasteiger partial charge in [0.15, 0.2) is 5.82 Å². The van der Waals surface area contributed by atoms with Crippen LogP contribution in [-0.4, -0.2) is 14.8 Å². The number of rotatable bonds is 1. The molecule has 0 aliphatic rings. The van der Waals surface area contributed by atoms with Crippen molar-refractivity contribution in [3.63, 3.8) is 0 Å². The minimum atomic E-state index is 0.673. The number of anilines is 1. The number of nitrogen functional groups attached to an aromatic ring is 1. The molecule has 72 valence electrons. The van der Waals surface area contributed by atoms with Gasteiger partial charge in [-0.1, -0.05) is 15.9 Å². The van der Waals surface area contributed by atoms with Crippen molar-refractivity contribution in [2.75, 3.05) is 5.73 Å². The quantitative estimate of drug-likeness (QED) is 0.844. The van der Waals surface area contributed by atoms with Crippen LogP contribution >= 0.6 is 15.9 Å². The van der Waals surface area contributed by atoms with Gasteiger partial charge in [-0.15, -0.1) is 0 Å². The lowest BCUT2D eigenvalue weighted by molar-refractivity contribution is 0.817. The highest BCUT2D eigenvalue weighted by atomic mass is 79.9. The van der Waals surface area contributed by atoms with Crippen LogP contribution in [0.3, 0.4) is 0 Å². The Balaban J connectivity index is 2.55. The van der Waals surface area contributed by atoms with Gasteiger partial charge in [0.2, 0.25) is 0 Å². The van der Waals surface area contributed by atoms with Crippen LogP contribution in [0.1, 0.15) is 5.69 Å². The van der Waals surface area contributed by atoms with Crippen LogP contribution in [0.2, 0.25) is 0 Å². The summed E-state index contributed by atoms with van der Waals surface area (Å²) in [6, 6.07) is 3.76. The molecule has 2 heterocycles. The third-order valence-electron chi connectivity index (χ3n) is 1.97. The average molecular weight is 253 g/mol. The van der Waals surface area contributed by atoms with E-state index in [9.17, 15) is 0 Å². The van der Waals surface area contributed by atoms with Gasteiger partial charge in [0.1, 0.15) is 0 Å². The number of nitrogens with zero attached hydrogens (tertiary/aromatic N) is 3. The largest absolute Gasteiger partial charge is 0.396 e. The molecule has 0 saturated carbocycles. The van der Waals surface area contributed by atoms with Crippen LogP contribution in [0.4, 0.5) is 5.69 Å². The molecule has 0 aliphatic heterocycles. The van der Waals surface area contributed by atoms with E-state index in [1.165, 1.54) is 0 Å². The molecule has 0 amide bonds. The summed E-state index contributed by atoms with van der Waals surface area (Å²) in [6.07, 6.45) is 3.34. The summed E-state index contributed by atoms with van der Waals surface area (Å²) < 4.78 is 2.68. The fourth-order valence-corrected chi connectivity index (χ4v) is 1.49. The second-order valence-electron chi connectivity index (χ2n) is 2.93. The zero-order valence-electron chi connectivity index (χ0n) is 7.61. The predicted octanol–water partition coefficient (Wildman–Crippen LogP) is 1.92. The molecule has 4 nitrogen and oxygen atoms in total.